The van der Waals surface area contributed by atoms with Crippen molar-refractivity contribution in [2.45, 2.75) is 13.2 Å². The lowest BCUT2D eigenvalue weighted by Gasteiger charge is -2.13. The van der Waals surface area contributed by atoms with Crippen LogP contribution in [0.1, 0.15) is 22.3 Å². The molecule has 3 aromatic carbocycles. The van der Waals surface area contributed by atoms with Crippen LogP contribution >= 0.6 is 27.7 Å². The van der Waals surface area contributed by atoms with Crippen molar-refractivity contribution in [3.63, 3.8) is 0 Å². The second kappa shape index (κ2) is 10.0. The zero-order valence-corrected chi connectivity index (χ0v) is 19.5. The SMILES string of the molecule is N#Cc1ccccc1CN1C(=O)S/C(=C\c2ccc(OCc3ccc(F)cc3)c(Br)c2)C1=O. The third-order valence-electron chi connectivity index (χ3n) is 4.90. The van der Waals surface area contributed by atoms with Crippen LogP contribution in [-0.2, 0) is 17.9 Å². The number of rotatable bonds is 6. The lowest BCUT2D eigenvalue weighted by atomic mass is 10.1. The fourth-order valence-corrected chi connectivity index (χ4v) is 4.54. The highest BCUT2D eigenvalue weighted by atomic mass is 79.9. The van der Waals surface area contributed by atoms with Crippen molar-refractivity contribution in [3.8, 4) is 11.8 Å². The quantitative estimate of drug-likeness (QED) is 0.356. The fraction of sp³-hybridized carbons (Fsp3) is 0.0800. The van der Waals surface area contributed by atoms with Gasteiger partial charge in [-0.25, -0.2) is 4.39 Å². The maximum atomic E-state index is 13.0. The van der Waals surface area contributed by atoms with Crippen molar-refractivity contribution in [1.82, 2.24) is 4.90 Å². The van der Waals surface area contributed by atoms with E-state index in [1.54, 1.807) is 60.7 Å². The van der Waals surface area contributed by atoms with E-state index in [-0.39, 0.29) is 24.2 Å². The Balaban J connectivity index is 1.46. The van der Waals surface area contributed by atoms with E-state index in [9.17, 15) is 19.2 Å². The zero-order chi connectivity index (χ0) is 23.4. The Hall–Kier alpha value is -3.41. The Labute approximate surface area is 202 Å². The number of carbonyl (C=O) groups is 2. The van der Waals surface area contributed by atoms with Gasteiger partial charge in [-0.05, 0) is 80.8 Å². The third kappa shape index (κ3) is 5.33. The molecule has 1 aliphatic rings. The smallest absolute Gasteiger partial charge is 0.293 e. The number of carbonyl (C=O) groups excluding carboxylic acids is 2. The van der Waals surface area contributed by atoms with Gasteiger partial charge < -0.3 is 4.74 Å². The van der Waals surface area contributed by atoms with E-state index in [1.807, 2.05) is 0 Å². The number of nitriles is 1. The van der Waals surface area contributed by atoms with Gasteiger partial charge in [0.25, 0.3) is 11.1 Å². The van der Waals surface area contributed by atoms with Gasteiger partial charge in [-0.15, -0.1) is 0 Å². The number of benzene rings is 3. The van der Waals surface area contributed by atoms with Gasteiger partial charge in [0.2, 0.25) is 0 Å². The van der Waals surface area contributed by atoms with Crippen LogP contribution < -0.4 is 4.74 Å². The Morgan fingerprint density at radius 1 is 1.09 bits per heavy atom. The largest absolute Gasteiger partial charge is 0.488 e. The van der Waals surface area contributed by atoms with Crippen molar-refractivity contribution < 1.29 is 18.7 Å². The van der Waals surface area contributed by atoms with Gasteiger partial charge in [-0.3, -0.25) is 14.5 Å². The summed E-state index contributed by atoms with van der Waals surface area (Å²) >= 11 is 4.33. The van der Waals surface area contributed by atoms with Crippen molar-refractivity contribution in [3.05, 3.63) is 104 Å². The Bertz CT molecular complexity index is 1300. The molecule has 33 heavy (non-hydrogen) atoms. The molecule has 1 fully saturated rings. The van der Waals surface area contributed by atoms with Crippen LogP contribution in [0.5, 0.6) is 5.75 Å². The molecule has 0 bridgehead atoms. The minimum atomic E-state index is -0.398. The number of hydrogen-bond acceptors (Lipinski definition) is 5. The summed E-state index contributed by atoms with van der Waals surface area (Å²) < 4.78 is 19.5. The van der Waals surface area contributed by atoms with Gasteiger partial charge in [0.05, 0.1) is 27.6 Å². The van der Waals surface area contributed by atoms with Gasteiger partial charge in [-0.1, -0.05) is 36.4 Å². The lowest BCUT2D eigenvalue weighted by Crippen LogP contribution is -2.27. The van der Waals surface area contributed by atoms with Crippen LogP contribution in [0.2, 0.25) is 0 Å². The minimum absolute atomic E-state index is 0.0472. The normalized spacial score (nSPS) is 14.6. The molecule has 2 amide bonds. The standard InChI is InChI=1S/C25H16BrFN2O3S/c26-21-11-17(7-10-22(21)32-15-16-5-8-20(27)9-6-16)12-23-24(30)29(25(31)33-23)14-19-4-2-1-3-18(19)13-28/h1-12H,14-15H2/b23-12-. The summed E-state index contributed by atoms with van der Waals surface area (Å²) in [5.74, 6) is -0.105. The molecule has 0 radical (unpaired) electrons. The maximum absolute atomic E-state index is 13.0. The van der Waals surface area contributed by atoms with E-state index in [0.29, 0.717) is 26.3 Å². The van der Waals surface area contributed by atoms with Crippen molar-refractivity contribution >= 4 is 44.9 Å². The van der Waals surface area contributed by atoms with Crippen LogP contribution in [0, 0.1) is 17.1 Å². The minimum Gasteiger partial charge on any atom is -0.488 e. The summed E-state index contributed by atoms with van der Waals surface area (Å²) in [5.41, 5.74) is 2.60. The molecule has 164 valence electrons. The van der Waals surface area contributed by atoms with Gasteiger partial charge in [0.1, 0.15) is 18.2 Å². The number of halogens is 2. The molecule has 4 rings (SSSR count). The summed E-state index contributed by atoms with van der Waals surface area (Å²) in [6.07, 6.45) is 1.65. The average Bonchev–Trinajstić information content (AvgIpc) is 3.07. The summed E-state index contributed by atoms with van der Waals surface area (Å²) in [6.45, 7) is 0.326. The van der Waals surface area contributed by atoms with Crippen LogP contribution in [0.4, 0.5) is 9.18 Å². The molecular weight excluding hydrogens is 507 g/mol. The molecule has 0 aliphatic carbocycles. The van der Waals surface area contributed by atoms with Gasteiger partial charge in [0.15, 0.2) is 0 Å². The maximum Gasteiger partial charge on any atom is 0.293 e. The van der Waals surface area contributed by atoms with E-state index in [0.717, 1.165) is 27.8 Å². The van der Waals surface area contributed by atoms with E-state index in [1.165, 1.54) is 12.1 Å². The molecule has 5 nitrogen and oxygen atoms in total. The molecule has 0 atom stereocenters. The Morgan fingerprint density at radius 3 is 2.58 bits per heavy atom. The highest BCUT2D eigenvalue weighted by Gasteiger charge is 2.35. The second-order valence-corrected chi connectivity index (χ2v) is 8.99. The van der Waals surface area contributed by atoms with Gasteiger partial charge in [-0.2, -0.15) is 5.26 Å². The first kappa shape index (κ1) is 22.8. The monoisotopic (exact) mass is 522 g/mol. The van der Waals surface area contributed by atoms with E-state index < -0.39 is 5.91 Å². The molecule has 1 aliphatic heterocycles. The molecular formula is C25H16BrFN2O3S. The number of amides is 2. The van der Waals surface area contributed by atoms with E-state index in [2.05, 4.69) is 22.0 Å². The lowest BCUT2D eigenvalue weighted by molar-refractivity contribution is -0.123. The number of thioether (sulfide) groups is 1. The molecule has 0 N–H and O–H groups in total. The first-order valence-electron chi connectivity index (χ1n) is 9.85. The molecule has 1 saturated heterocycles. The van der Waals surface area contributed by atoms with E-state index >= 15 is 0 Å². The molecule has 8 heteroatoms. The predicted octanol–water partition coefficient (Wildman–Crippen LogP) is 6.28. The fourth-order valence-electron chi connectivity index (χ4n) is 3.19. The number of nitrogens with zero attached hydrogens (tertiary/aromatic N) is 2. The van der Waals surface area contributed by atoms with Crippen molar-refractivity contribution in [1.29, 1.82) is 5.26 Å². The molecule has 0 aromatic heterocycles. The van der Waals surface area contributed by atoms with E-state index in [4.69, 9.17) is 4.74 Å². The topological polar surface area (TPSA) is 70.4 Å². The van der Waals surface area contributed by atoms with Crippen LogP contribution in [0.15, 0.2) is 76.1 Å². The third-order valence-corrected chi connectivity index (χ3v) is 6.43. The number of ether oxygens (including phenoxy) is 1. The highest BCUT2D eigenvalue weighted by molar-refractivity contribution is 9.10. The predicted molar refractivity (Wildman–Crippen MR) is 128 cm³/mol. The average molecular weight is 523 g/mol. The summed E-state index contributed by atoms with van der Waals surface area (Å²) in [6, 6.07) is 20.4. The van der Waals surface area contributed by atoms with Crippen LogP contribution in [-0.4, -0.2) is 16.0 Å². The molecule has 0 unspecified atom stereocenters. The Morgan fingerprint density at radius 2 is 1.85 bits per heavy atom. The van der Waals surface area contributed by atoms with Gasteiger partial charge in [0, 0.05) is 0 Å². The van der Waals surface area contributed by atoms with Crippen LogP contribution in [0.3, 0.4) is 0 Å². The molecule has 0 saturated carbocycles. The summed E-state index contributed by atoms with van der Waals surface area (Å²) in [7, 11) is 0. The van der Waals surface area contributed by atoms with Crippen LogP contribution in [0.25, 0.3) is 6.08 Å². The highest BCUT2D eigenvalue weighted by Crippen LogP contribution is 2.35. The van der Waals surface area contributed by atoms with Crippen molar-refractivity contribution in [2.75, 3.05) is 0 Å². The van der Waals surface area contributed by atoms with Crippen molar-refractivity contribution in [2.24, 2.45) is 0 Å². The zero-order valence-electron chi connectivity index (χ0n) is 17.1. The Kier molecular flexibility index (Phi) is 6.92. The molecule has 1 heterocycles. The number of imide groups is 1. The molecule has 3 aromatic rings. The first-order valence-corrected chi connectivity index (χ1v) is 11.5. The summed E-state index contributed by atoms with van der Waals surface area (Å²) in [4.78, 5) is 26.7. The second-order valence-electron chi connectivity index (χ2n) is 7.14. The van der Waals surface area contributed by atoms with Gasteiger partial charge >= 0.3 is 0 Å². The summed E-state index contributed by atoms with van der Waals surface area (Å²) in [5, 5.41) is 8.87. The number of hydrogen-bond donors (Lipinski definition) is 0. The molecule has 0 spiro atoms. The first-order chi connectivity index (χ1) is 15.9.